The maximum atomic E-state index is 12.8. The maximum absolute atomic E-state index is 12.8. The van der Waals surface area contributed by atoms with E-state index in [1.54, 1.807) is 22.7 Å². The number of fused-ring (bicyclic) bond motifs is 1. The Bertz CT molecular complexity index is 1940. The molecular weight excluding hydrogens is 605 g/mol. The fourth-order valence-corrected chi connectivity index (χ4v) is 8.16. The van der Waals surface area contributed by atoms with E-state index >= 15 is 0 Å². The highest BCUT2D eigenvalue weighted by Crippen LogP contribution is 2.48. The summed E-state index contributed by atoms with van der Waals surface area (Å²) in [7, 11) is 0. The second kappa shape index (κ2) is 10.7. The van der Waals surface area contributed by atoms with Gasteiger partial charge in [0.2, 0.25) is 11.8 Å². The zero-order valence-corrected chi connectivity index (χ0v) is 25.4. The highest BCUT2D eigenvalue weighted by molar-refractivity contribution is 7.32. The van der Waals surface area contributed by atoms with Gasteiger partial charge >= 0.3 is 12.1 Å². The van der Waals surface area contributed by atoms with Crippen molar-refractivity contribution in [1.82, 2.24) is 14.6 Å². The van der Waals surface area contributed by atoms with Crippen LogP contribution in [-0.4, -0.2) is 31.7 Å². The molecule has 2 aromatic carbocycles. The van der Waals surface area contributed by atoms with Gasteiger partial charge in [-0.25, -0.2) is 4.79 Å². The van der Waals surface area contributed by atoms with Crippen LogP contribution in [0.2, 0.25) is 0 Å². The molecule has 1 fully saturated rings. The van der Waals surface area contributed by atoms with E-state index in [2.05, 4.69) is 32.0 Å². The fourth-order valence-electron chi connectivity index (χ4n) is 4.81. The Morgan fingerprint density at radius 2 is 1.65 bits per heavy atom. The van der Waals surface area contributed by atoms with Crippen molar-refractivity contribution in [2.24, 2.45) is 0 Å². The number of aryl methyl sites for hydroxylation is 1. The molecule has 2 N–H and O–H groups in total. The predicted octanol–water partition coefficient (Wildman–Crippen LogP) is 8.54. The topological polar surface area (TPSA) is 127 Å². The number of hydrogen-bond donors (Lipinski definition) is 2. The third-order valence-corrected chi connectivity index (χ3v) is 10.9. The lowest BCUT2D eigenvalue weighted by molar-refractivity contribution is -0.140. The van der Waals surface area contributed by atoms with Crippen molar-refractivity contribution in [2.75, 3.05) is 5.32 Å². The van der Waals surface area contributed by atoms with Crippen LogP contribution < -0.4 is 5.32 Å². The molecule has 0 saturated heterocycles. The predicted molar refractivity (Wildman–Crippen MR) is 168 cm³/mol. The van der Waals surface area contributed by atoms with Crippen LogP contribution >= 0.6 is 34.2 Å². The summed E-state index contributed by atoms with van der Waals surface area (Å²) in [4.78, 5) is 27.4. The molecule has 1 aliphatic carbocycles. The van der Waals surface area contributed by atoms with E-state index in [0.29, 0.717) is 24.4 Å². The molecule has 7 rings (SSSR count). The molecule has 0 spiro atoms. The zero-order valence-electron chi connectivity index (χ0n) is 23.0. The van der Waals surface area contributed by atoms with Gasteiger partial charge in [0, 0.05) is 19.8 Å². The van der Waals surface area contributed by atoms with Gasteiger partial charge in [0.05, 0.1) is 21.1 Å². The first-order valence-corrected chi connectivity index (χ1v) is 15.9. The van der Waals surface area contributed by atoms with Crippen molar-refractivity contribution >= 4 is 61.4 Å². The standard InChI is InChI=1S/C31H24N4O5S3/c1-16-25(32-30(38)39-17(2)18-6-4-3-5-7-18)26(43-35-16)24-15-23-22(42-24)14-21(41-23)19-8-10-20(11-9-19)27-33-34-28(40-27)31(12-13-31)29(36)37/h3-11,14-15,17H,12-13H2,1-2H3,(H,32,38)(H,36,37). The van der Waals surface area contributed by atoms with Crippen LogP contribution in [0.15, 0.2) is 71.1 Å². The SMILES string of the molecule is Cc1nsc(-c2cc3sc(-c4ccc(-c5nnc(C6(C(=O)O)CC6)o5)cc4)cc3s2)c1NC(=O)OC(C)c1ccccc1. The average Bonchev–Trinajstić information content (AvgIpc) is 3.30. The summed E-state index contributed by atoms with van der Waals surface area (Å²) in [5.41, 5.74) is 3.10. The molecule has 1 atom stereocenters. The number of anilines is 1. The van der Waals surface area contributed by atoms with E-state index in [1.807, 2.05) is 68.4 Å². The van der Waals surface area contributed by atoms with Crippen molar-refractivity contribution in [3.8, 4) is 31.6 Å². The Morgan fingerprint density at radius 1 is 0.977 bits per heavy atom. The van der Waals surface area contributed by atoms with Gasteiger partial charge in [0.1, 0.15) is 11.5 Å². The number of aliphatic carboxylic acids is 1. The number of aromatic nitrogens is 3. The number of nitrogens with one attached hydrogen (secondary N) is 1. The van der Waals surface area contributed by atoms with Gasteiger partial charge in [-0.1, -0.05) is 42.5 Å². The summed E-state index contributed by atoms with van der Waals surface area (Å²) in [5, 5.41) is 20.5. The number of hydrogen-bond acceptors (Lipinski definition) is 10. The van der Waals surface area contributed by atoms with Gasteiger partial charge in [-0.15, -0.1) is 32.9 Å². The largest absolute Gasteiger partial charge is 0.480 e. The van der Waals surface area contributed by atoms with Gasteiger partial charge in [-0.3, -0.25) is 10.1 Å². The van der Waals surface area contributed by atoms with Crippen molar-refractivity contribution in [3.63, 3.8) is 0 Å². The maximum Gasteiger partial charge on any atom is 0.412 e. The Labute approximate surface area is 258 Å². The third kappa shape index (κ3) is 5.11. The number of carbonyl (C=O) groups excluding carboxylic acids is 1. The van der Waals surface area contributed by atoms with Crippen molar-refractivity contribution in [3.05, 3.63) is 83.9 Å². The molecule has 6 aromatic rings. The number of amides is 1. The monoisotopic (exact) mass is 628 g/mol. The Balaban J connectivity index is 1.07. The van der Waals surface area contributed by atoms with E-state index in [4.69, 9.17) is 9.15 Å². The van der Waals surface area contributed by atoms with Crippen LogP contribution in [0.25, 0.3) is 41.0 Å². The molecule has 1 amide bonds. The highest BCUT2D eigenvalue weighted by atomic mass is 32.1. The van der Waals surface area contributed by atoms with Gasteiger partial charge in [0.25, 0.3) is 0 Å². The van der Waals surface area contributed by atoms with E-state index in [-0.39, 0.29) is 12.0 Å². The normalized spacial score (nSPS) is 14.5. The second-order valence-electron chi connectivity index (χ2n) is 10.4. The highest BCUT2D eigenvalue weighted by Gasteiger charge is 2.56. The molecule has 0 radical (unpaired) electrons. The quantitative estimate of drug-likeness (QED) is 0.172. The zero-order chi connectivity index (χ0) is 29.7. The fraction of sp³-hybridized carbons (Fsp3) is 0.194. The van der Waals surface area contributed by atoms with Crippen LogP contribution in [-0.2, 0) is 14.9 Å². The first-order valence-electron chi connectivity index (χ1n) is 13.5. The van der Waals surface area contributed by atoms with Crippen molar-refractivity contribution in [1.29, 1.82) is 0 Å². The van der Waals surface area contributed by atoms with Crippen LogP contribution in [0.4, 0.5) is 10.5 Å². The molecule has 9 nitrogen and oxygen atoms in total. The van der Waals surface area contributed by atoms with E-state index < -0.39 is 17.5 Å². The Kier molecular flexibility index (Phi) is 6.83. The lowest BCUT2D eigenvalue weighted by Crippen LogP contribution is -2.19. The van der Waals surface area contributed by atoms with Gasteiger partial charge < -0.3 is 14.3 Å². The minimum Gasteiger partial charge on any atom is -0.480 e. The minimum absolute atomic E-state index is 0.168. The summed E-state index contributed by atoms with van der Waals surface area (Å²) in [6.07, 6.45) is 0.130. The number of nitrogens with zero attached hydrogens (tertiary/aromatic N) is 3. The third-order valence-electron chi connectivity index (χ3n) is 7.48. The molecule has 1 aliphatic rings. The van der Waals surface area contributed by atoms with Crippen LogP contribution in [0.1, 0.15) is 43.0 Å². The number of carbonyl (C=O) groups is 2. The van der Waals surface area contributed by atoms with Crippen LogP contribution in [0.3, 0.4) is 0 Å². The second-order valence-corrected chi connectivity index (χ2v) is 13.3. The molecule has 0 bridgehead atoms. The van der Waals surface area contributed by atoms with Crippen LogP contribution in [0.5, 0.6) is 0 Å². The summed E-state index contributed by atoms with van der Waals surface area (Å²) in [5.74, 6) is -0.442. The van der Waals surface area contributed by atoms with Crippen LogP contribution in [0, 0.1) is 6.92 Å². The molecule has 0 aliphatic heterocycles. The van der Waals surface area contributed by atoms with Gasteiger partial charge in [0.15, 0.2) is 0 Å². The number of carboxylic acids is 1. The molecular formula is C31H24N4O5S3. The Hall–Kier alpha value is -4.39. The van der Waals surface area contributed by atoms with E-state index in [0.717, 1.165) is 46.4 Å². The average molecular weight is 629 g/mol. The smallest absolute Gasteiger partial charge is 0.412 e. The molecule has 216 valence electrons. The molecule has 4 heterocycles. The summed E-state index contributed by atoms with van der Waals surface area (Å²) < 4.78 is 18.1. The van der Waals surface area contributed by atoms with E-state index in [1.165, 1.54) is 11.5 Å². The van der Waals surface area contributed by atoms with Gasteiger partial charge in [-0.05, 0) is 73.6 Å². The first-order chi connectivity index (χ1) is 20.8. The first kappa shape index (κ1) is 27.4. The molecule has 1 saturated carbocycles. The molecule has 12 heteroatoms. The number of ether oxygens (including phenoxy) is 1. The molecule has 4 aromatic heterocycles. The Morgan fingerprint density at radius 3 is 2.35 bits per heavy atom. The number of benzene rings is 2. The summed E-state index contributed by atoms with van der Waals surface area (Å²) in [6.45, 7) is 3.72. The number of thiophene rings is 2. The van der Waals surface area contributed by atoms with Crippen molar-refractivity contribution in [2.45, 2.75) is 38.2 Å². The lowest BCUT2D eigenvalue weighted by atomic mass is 10.1. The molecule has 1 unspecified atom stereocenters. The summed E-state index contributed by atoms with van der Waals surface area (Å²) >= 11 is 4.69. The van der Waals surface area contributed by atoms with Crippen molar-refractivity contribution < 1.29 is 23.8 Å². The van der Waals surface area contributed by atoms with E-state index in [9.17, 15) is 14.7 Å². The van der Waals surface area contributed by atoms with Gasteiger partial charge in [-0.2, -0.15) is 4.37 Å². The number of rotatable bonds is 8. The summed E-state index contributed by atoms with van der Waals surface area (Å²) in [6, 6.07) is 21.7. The molecule has 43 heavy (non-hydrogen) atoms. The minimum atomic E-state index is -1.02. The number of carboxylic acid groups (broad SMARTS) is 1. The lowest BCUT2D eigenvalue weighted by Gasteiger charge is -2.14.